The van der Waals surface area contributed by atoms with Gasteiger partial charge in [-0.15, -0.1) is 0 Å². The quantitative estimate of drug-likeness (QED) is 0.586. The van der Waals surface area contributed by atoms with E-state index in [1.54, 1.807) is 0 Å². The Labute approximate surface area is 198 Å². The Bertz CT molecular complexity index is 932. The van der Waals surface area contributed by atoms with Gasteiger partial charge in [-0.05, 0) is 51.6 Å². The van der Waals surface area contributed by atoms with Crippen LogP contribution in [0.3, 0.4) is 0 Å². The molecule has 6 heteroatoms. The van der Waals surface area contributed by atoms with Crippen LogP contribution in [0.4, 0.5) is 4.79 Å². The van der Waals surface area contributed by atoms with Crippen LogP contribution in [0.5, 0.6) is 0 Å². The molecule has 0 aliphatic carbocycles. The Morgan fingerprint density at radius 1 is 1.06 bits per heavy atom. The van der Waals surface area contributed by atoms with Crippen LogP contribution in [-0.4, -0.2) is 53.4 Å². The van der Waals surface area contributed by atoms with E-state index in [2.05, 4.69) is 74.5 Å². The van der Waals surface area contributed by atoms with E-state index in [9.17, 15) is 4.79 Å². The standard InChI is InChI=1S/C27H35N2O3P/c1-19(2)23-18-31-25(28-23)24-16-22(17-29(24)26(30)32-27(3,4)5)33(20-12-8-6-9-13-20)21-14-10-7-11-15-21/h6-15,19,22-24H,16-18H2,1-5H3/t22-,23+,24-/m0/s1. The molecular weight excluding hydrogens is 431 g/mol. The summed E-state index contributed by atoms with van der Waals surface area (Å²) in [6.07, 6.45) is 0.531. The third-order valence-electron chi connectivity index (χ3n) is 6.09. The molecule has 2 aromatic rings. The fourth-order valence-corrected chi connectivity index (χ4v) is 7.32. The van der Waals surface area contributed by atoms with Gasteiger partial charge in [-0.2, -0.15) is 0 Å². The van der Waals surface area contributed by atoms with E-state index >= 15 is 0 Å². The molecule has 1 fully saturated rings. The highest BCUT2D eigenvalue weighted by molar-refractivity contribution is 7.73. The number of likely N-dealkylation sites (tertiary alicyclic amines) is 1. The van der Waals surface area contributed by atoms with Gasteiger partial charge in [0.1, 0.15) is 18.2 Å². The maximum atomic E-state index is 13.3. The second kappa shape index (κ2) is 9.85. The first-order valence-electron chi connectivity index (χ1n) is 11.8. The first-order chi connectivity index (χ1) is 15.7. The maximum absolute atomic E-state index is 13.3. The second-order valence-corrected chi connectivity index (χ2v) is 12.7. The van der Waals surface area contributed by atoms with E-state index in [4.69, 9.17) is 14.5 Å². The van der Waals surface area contributed by atoms with Crippen molar-refractivity contribution in [1.82, 2.24) is 4.90 Å². The summed E-state index contributed by atoms with van der Waals surface area (Å²) in [6, 6.07) is 21.3. The molecule has 2 aliphatic rings. The fourth-order valence-electron chi connectivity index (χ4n) is 4.44. The van der Waals surface area contributed by atoms with Crippen LogP contribution in [0.25, 0.3) is 0 Å². The second-order valence-electron chi connectivity index (χ2n) is 10.2. The molecule has 2 heterocycles. The Hall–Kier alpha value is -2.39. The van der Waals surface area contributed by atoms with Crippen molar-refractivity contribution in [1.29, 1.82) is 0 Å². The molecule has 4 rings (SSSR count). The average molecular weight is 467 g/mol. The number of benzene rings is 2. The summed E-state index contributed by atoms with van der Waals surface area (Å²) in [5.41, 5.74) is -0.269. The van der Waals surface area contributed by atoms with Crippen LogP contribution >= 0.6 is 7.92 Å². The minimum Gasteiger partial charge on any atom is -0.477 e. The van der Waals surface area contributed by atoms with Crippen molar-refractivity contribution in [3.63, 3.8) is 0 Å². The van der Waals surface area contributed by atoms with E-state index in [1.807, 2.05) is 25.7 Å². The van der Waals surface area contributed by atoms with E-state index in [1.165, 1.54) is 10.6 Å². The molecule has 176 valence electrons. The van der Waals surface area contributed by atoms with Gasteiger partial charge >= 0.3 is 6.09 Å². The summed E-state index contributed by atoms with van der Waals surface area (Å²) >= 11 is 0. The maximum Gasteiger partial charge on any atom is 0.410 e. The number of amides is 1. The summed E-state index contributed by atoms with van der Waals surface area (Å²) in [4.78, 5) is 20.0. The molecule has 0 saturated carbocycles. The van der Waals surface area contributed by atoms with Gasteiger partial charge in [-0.25, -0.2) is 9.79 Å². The van der Waals surface area contributed by atoms with E-state index in [0.29, 0.717) is 25.0 Å². The zero-order valence-corrected chi connectivity index (χ0v) is 21.2. The van der Waals surface area contributed by atoms with Crippen molar-refractivity contribution in [2.24, 2.45) is 10.9 Å². The molecule has 0 bridgehead atoms. The third-order valence-corrected chi connectivity index (χ3v) is 8.90. The van der Waals surface area contributed by atoms with Crippen molar-refractivity contribution >= 4 is 30.5 Å². The van der Waals surface area contributed by atoms with Gasteiger partial charge in [-0.3, -0.25) is 4.90 Å². The molecule has 0 unspecified atom stereocenters. The molecule has 0 aromatic heterocycles. The van der Waals surface area contributed by atoms with Crippen molar-refractivity contribution < 1.29 is 14.3 Å². The van der Waals surface area contributed by atoms with E-state index in [-0.39, 0.29) is 23.8 Å². The number of aliphatic imine (C=N–C) groups is 1. The summed E-state index contributed by atoms with van der Waals surface area (Å²) in [6.45, 7) is 11.3. The number of carbonyl (C=O) groups excluding carboxylic acids is 1. The summed E-state index contributed by atoms with van der Waals surface area (Å²) in [5.74, 6) is 1.10. The van der Waals surface area contributed by atoms with E-state index < -0.39 is 13.5 Å². The normalized spacial score (nSPS) is 23.1. The van der Waals surface area contributed by atoms with Crippen LogP contribution < -0.4 is 10.6 Å². The lowest BCUT2D eigenvalue weighted by molar-refractivity contribution is 0.0254. The van der Waals surface area contributed by atoms with Gasteiger partial charge in [0.05, 0.1) is 6.04 Å². The van der Waals surface area contributed by atoms with Crippen LogP contribution in [0, 0.1) is 5.92 Å². The zero-order chi connectivity index (χ0) is 23.6. The monoisotopic (exact) mass is 466 g/mol. The number of hydrogen-bond acceptors (Lipinski definition) is 4. The van der Waals surface area contributed by atoms with Gasteiger partial charge in [0.25, 0.3) is 0 Å². The molecule has 0 spiro atoms. The average Bonchev–Trinajstić information content (AvgIpc) is 3.42. The number of hydrogen-bond donors (Lipinski definition) is 0. The topological polar surface area (TPSA) is 51.1 Å². The van der Waals surface area contributed by atoms with Crippen LogP contribution in [0.15, 0.2) is 65.7 Å². The minimum absolute atomic E-state index is 0.143. The Morgan fingerprint density at radius 3 is 2.12 bits per heavy atom. The van der Waals surface area contributed by atoms with Gasteiger partial charge in [0.2, 0.25) is 5.90 Å². The van der Waals surface area contributed by atoms with Gasteiger partial charge in [0.15, 0.2) is 0 Å². The first-order valence-corrected chi connectivity index (χ1v) is 13.2. The number of nitrogens with zero attached hydrogens (tertiary/aromatic N) is 2. The van der Waals surface area contributed by atoms with Gasteiger partial charge in [0, 0.05) is 12.2 Å². The third kappa shape index (κ3) is 5.58. The summed E-state index contributed by atoms with van der Waals surface area (Å²) in [5, 5.41) is 2.64. The minimum atomic E-state index is -0.661. The van der Waals surface area contributed by atoms with E-state index in [0.717, 1.165) is 6.42 Å². The van der Waals surface area contributed by atoms with Crippen molar-refractivity contribution in [2.45, 2.75) is 64.4 Å². The zero-order valence-electron chi connectivity index (χ0n) is 20.3. The highest BCUT2D eigenvalue weighted by Gasteiger charge is 2.45. The molecule has 2 aromatic carbocycles. The Balaban J connectivity index is 1.68. The van der Waals surface area contributed by atoms with Crippen molar-refractivity contribution in [3.8, 4) is 0 Å². The lowest BCUT2D eigenvalue weighted by Crippen LogP contribution is -2.43. The molecule has 33 heavy (non-hydrogen) atoms. The molecule has 1 saturated heterocycles. The predicted molar refractivity (Wildman–Crippen MR) is 136 cm³/mol. The molecule has 0 radical (unpaired) electrons. The summed E-state index contributed by atoms with van der Waals surface area (Å²) < 4.78 is 11.9. The predicted octanol–water partition coefficient (Wildman–Crippen LogP) is 4.95. The van der Waals surface area contributed by atoms with Crippen LogP contribution in [0.2, 0.25) is 0 Å². The number of carbonyl (C=O) groups is 1. The first kappa shape index (κ1) is 23.8. The highest BCUT2D eigenvalue weighted by Crippen LogP contribution is 2.46. The van der Waals surface area contributed by atoms with Crippen molar-refractivity contribution in [3.05, 3.63) is 60.7 Å². The lowest BCUT2D eigenvalue weighted by Gasteiger charge is -2.28. The van der Waals surface area contributed by atoms with Gasteiger partial charge < -0.3 is 9.47 Å². The summed E-state index contributed by atoms with van der Waals surface area (Å²) in [7, 11) is -0.661. The largest absolute Gasteiger partial charge is 0.477 e. The Kier molecular flexibility index (Phi) is 7.09. The van der Waals surface area contributed by atoms with Crippen LogP contribution in [-0.2, 0) is 9.47 Å². The lowest BCUT2D eigenvalue weighted by atomic mass is 10.1. The highest BCUT2D eigenvalue weighted by atomic mass is 31.1. The fraction of sp³-hybridized carbons (Fsp3) is 0.481. The SMILES string of the molecule is CC(C)[C@H]1COC([C@@H]2C[C@H](P(c3ccccc3)c3ccccc3)CN2C(=O)OC(C)(C)C)=N1. The Morgan fingerprint density at radius 2 is 1.64 bits per heavy atom. The van der Waals surface area contributed by atoms with Gasteiger partial charge in [-0.1, -0.05) is 74.5 Å². The smallest absolute Gasteiger partial charge is 0.410 e. The number of ether oxygens (including phenoxy) is 2. The molecular formula is C27H35N2O3P. The van der Waals surface area contributed by atoms with Crippen molar-refractivity contribution in [2.75, 3.05) is 13.2 Å². The molecule has 2 aliphatic heterocycles. The molecule has 1 amide bonds. The molecule has 3 atom stereocenters. The molecule has 0 N–H and O–H groups in total. The van der Waals surface area contributed by atoms with Crippen LogP contribution in [0.1, 0.15) is 41.0 Å². The number of rotatable bonds is 5. The molecule has 5 nitrogen and oxygen atoms in total.